The molecule has 0 fully saturated rings. The van der Waals surface area contributed by atoms with Crippen molar-refractivity contribution in [2.45, 2.75) is 13.1 Å². The number of pyridine rings is 1. The standard InChI is InChI=1S/C18H19N5O2/c24-10-9-22(12-15-5-4-8-19-11-15)18(25)14-23-13-17(20-21-23)16-6-2-1-3-7-16/h1-8,11,13,24H,9-10,12,14H2. The van der Waals surface area contributed by atoms with Crippen LogP contribution in [0.25, 0.3) is 11.3 Å². The molecule has 3 rings (SSSR count). The minimum atomic E-state index is -0.137. The van der Waals surface area contributed by atoms with E-state index in [-0.39, 0.29) is 25.6 Å². The molecule has 2 heterocycles. The largest absolute Gasteiger partial charge is 0.395 e. The number of rotatable bonds is 7. The van der Waals surface area contributed by atoms with Gasteiger partial charge in [-0.25, -0.2) is 4.68 Å². The number of amides is 1. The van der Waals surface area contributed by atoms with Gasteiger partial charge in [-0.15, -0.1) is 5.10 Å². The number of benzene rings is 1. The van der Waals surface area contributed by atoms with Crippen molar-refractivity contribution < 1.29 is 9.90 Å². The molecule has 0 atom stereocenters. The average molecular weight is 337 g/mol. The second kappa shape index (κ2) is 8.16. The molecule has 0 aliphatic heterocycles. The van der Waals surface area contributed by atoms with Gasteiger partial charge >= 0.3 is 0 Å². The molecule has 1 N–H and O–H groups in total. The van der Waals surface area contributed by atoms with E-state index < -0.39 is 0 Å². The molecule has 128 valence electrons. The van der Waals surface area contributed by atoms with Crippen molar-refractivity contribution in [2.24, 2.45) is 0 Å². The number of aliphatic hydroxyl groups is 1. The number of nitrogens with zero attached hydrogens (tertiary/aromatic N) is 5. The van der Waals surface area contributed by atoms with Gasteiger partial charge in [-0.05, 0) is 11.6 Å². The summed E-state index contributed by atoms with van der Waals surface area (Å²) in [4.78, 5) is 18.2. The maximum absolute atomic E-state index is 12.6. The number of aliphatic hydroxyl groups excluding tert-OH is 1. The molecule has 7 nitrogen and oxygen atoms in total. The second-order valence-corrected chi connectivity index (χ2v) is 5.57. The number of hydrogen-bond acceptors (Lipinski definition) is 5. The zero-order chi connectivity index (χ0) is 17.5. The van der Waals surface area contributed by atoms with Crippen LogP contribution in [0.15, 0.2) is 61.1 Å². The summed E-state index contributed by atoms with van der Waals surface area (Å²) in [6.45, 7) is 0.625. The molecule has 3 aromatic rings. The average Bonchev–Trinajstić information content (AvgIpc) is 3.11. The molecule has 1 amide bonds. The van der Waals surface area contributed by atoms with Crippen LogP contribution in [0.4, 0.5) is 0 Å². The minimum absolute atomic E-state index is 0.0695. The summed E-state index contributed by atoms with van der Waals surface area (Å²) in [5.74, 6) is -0.137. The Kier molecular flexibility index (Phi) is 5.48. The molecule has 0 saturated carbocycles. The lowest BCUT2D eigenvalue weighted by Gasteiger charge is -2.21. The molecular weight excluding hydrogens is 318 g/mol. The molecule has 1 aromatic carbocycles. The fourth-order valence-electron chi connectivity index (χ4n) is 2.48. The van der Waals surface area contributed by atoms with Gasteiger partial charge in [0.2, 0.25) is 5.91 Å². The fourth-order valence-corrected chi connectivity index (χ4v) is 2.48. The van der Waals surface area contributed by atoms with E-state index in [1.807, 2.05) is 42.5 Å². The van der Waals surface area contributed by atoms with E-state index in [1.165, 1.54) is 4.68 Å². The van der Waals surface area contributed by atoms with Gasteiger partial charge in [0.15, 0.2) is 0 Å². The van der Waals surface area contributed by atoms with Gasteiger partial charge in [0.1, 0.15) is 12.2 Å². The molecule has 0 unspecified atom stereocenters. The highest BCUT2D eigenvalue weighted by Crippen LogP contribution is 2.15. The predicted molar refractivity (Wildman–Crippen MR) is 92.2 cm³/mol. The highest BCUT2D eigenvalue weighted by atomic mass is 16.3. The Bertz CT molecular complexity index is 805. The van der Waals surface area contributed by atoms with Crippen LogP contribution in [-0.4, -0.2) is 49.0 Å². The third kappa shape index (κ3) is 4.48. The van der Waals surface area contributed by atoms with Crippen LogP contribution in [0, 0.1) is 0 Å². The Morgan fingerprint density at radius 3 is 2.72 bits per heavy atom. The van der Waals surface area contributed by atoms with Crippen molar-refractivity contribution in [2.75, 3.05) is 13.2 Å². The van der Waals surface area contributed by atoms with Gasteiger partial charge in [0.05, 0.1) is 12.8 Å². The maximum Gasteiger partial charge on any atom is 0.244 e. The summed E-state index contributed by atoms with van der Waals surface area (Å²) in [6, 6.07) is 13.4. The van der Waals surface area contributed by atoms with Crippen molar-refractivity contribution in [3.8, 4) is 11.3 Å². The summed E-state index contributed by atoms with van der Waals surface area (Å²) in [5, 5.41) is 17.4. The van der Waals surface area contributed by atoms with E-state index in [2.05, 4.69) is 15.3 Å². The first-order chi connectivity index (χ1) is 12.3. The van der Waals surface area contributed by atoms with Crippen LogP contribution in [0.2, 0.25) is 0 Å². The van der Waals surface area contributed by atoms with Crippen LogP contribution in [0.1, 0.15) is 5.56 Å². The summed E-state index contributed by atoms with van der Waals surface area (Å²) in [5.41, 5.74) is 2.58. The van der Waals surface area contributed by atoms with Crippen LogP contribution in [-0.2, 0) is 17.9 Å². The first kappa shape index (κ1) is 16.8. The highest BCUT2D eigenvalue weighted by Gasteiger charge is 2.15. The third-order valence-corrected chi connectivity index (χ3v) is 3.72. The predicted octanol–water partition coefficient (Wildman–Crippen LogP) is 1.36. The highest BCUT2D eigenvalue weighted by molar-refractivity contribution is 5.76. The van der Waals surface area contributed by atoms with Gasteiger partial charge in [-0.3, -0.25) is 9.78 Å². The molecule has 25 heavy (non-hydrogen) atoms. The SMILES string of the molecule is O=C(Cn1cc(-c2ccccc2)nn1)N(CCO)Cc1cccnc1. The first-order valence-electron chi connectivity index (χ1n) is 7.99. The molecule has 0 radical (unpaired) electrons. The van der Waals surface area contributed by atoms with E-state index in [1.54, 1.807) is 23.5 Å². The smallest absolute Gasteiger partial charge is 0.244 e. The van der Waals surface area contributed by atoms with Crippen molar-refractivity contribution in [1.82, 2.24) is 24.9 Å². The molecule has 7 heteroatoms. The van der Waals surface area contributed by atoms with Crippen molar-refractivity contribution >= 4 is 5.91 Å². The monoisotopic (exact) mass is 337 g/mol. The zero-order valence-electron chi connectivity index (χ0n) is 13.7. The fraction of sp³-hybridized carbons (Fsp3) is 0.222. The Labute approximate surface area is 145 Å². The summed E-state index contributed by atoms with van der Waals surface area (Å²) in [6.07, 6.45) is 5.14. The van der Waals surface area contributed by atoms with E-state index in [4.69, 9.17) is 0 Å². The summed E-state index contributed by atoms with van der Waals surface area (Å²) in [7, 11) is 0. The Hall–Kier alpha value is -3.06. The number of aromatic nitrogens is 4. The van der Waals surface area contributed by atoms with Crippen LogP contribution >= 0.6 is 0 Å². The number of carbonyl (C=O) groups is 1. The van der Waals surface area contributed by atoms with Gasteiger partial charge in [0.25, 0.3) is 0 Å². The summed E-state index contributed by atoms with van der Waals surface area (Å²) >= 11 is 0. The van der Waals surface area contributed by atoms with Crippen molar-refractivity contribution in [1.29, 1.82) is 0 Å². The lowest BCUT2D eigenvalue weighted by atomic mass is 10.2. The van der Waals surface area contributed by atoms with Crippen LogP contribution in [0.5, 0.6) is 0 Å². The van der Waals surface area contributed by atoms with E-state index in [9.17, 15) is 9.90 Å². The first-order valence-corrected chi connectivity index (χ1v) is 7.99. The minimum Gasteiger partial charge on any atom is -0.395 e. The Balaban J connectivity index is 1.68. The Morgan fingerprint density at radius 1 is 1.16 bits per heavy atom. The zero-order valence-corrected chi connectivity index (χ0v) is 13.7. The van der Waals surface area contributed by atoms with Crippen LogP contribution < -0.4 is 0 Å². The van der Waals surface area contributed by atoms with Gasteiger partial charge in [-0.1, -0.05) is 41.6 Å². The maximum atomic E-state index is 12.6. The third-order valence-electron chi connectivity index (χ3n) is 3.72. The quantitative estimate of drug-likeness (QED) is 0.704. The number of hydrogen-bond donors (Lipinski definition) is 1. The van der Waals surface area contributed by atoms with E-state index in [0.717, 1.165) is 16.8 Å². The van der Waals surface area contributed by atoms with E-state index >= 15 is 0 Å². The normalized spacial score (nSPS) is 10.6. The summed E-state index contributed by atoms with van der Waals surface area (Å²) < 4.78 is 1.51. The lowest BCUT2D eigenvalue weighted by Crippen LogP contribution is -2.35. The van der Waals surface area contributed by atoms with Gasteiger partial charge in [-0.2, -0.15) is 0 Å². The van der Waals surface area contributed by atoms with Gasteiger partial charge < -0.3 is 10.0 Å². The molecule has 2 aromatic heterocycles. The van der Waals surface area contributed by atoms with Gasteiger partial charge in [0, 0.05) is 31.0 Å². The van der Waals surface area contributed by atoms with Crippen molar-refractivity contribution in [3.05, 3.63) is 66.6 Å². The Morgan fingerprint density at radius 2 is 2.00 bits per heavy atom. The molecule has 0 bridgehead atoms. The lowest BCUT2D eigenvalue weighted by molar-refractivity contribution is -0.133. The molecule has 0 spiro atoms. The second-order valence-electron chi connectivity index (χ2n) is 5.57. The molecule has 0 aliphatic rings. The van der Waals surface area contributed by atoms with E-state index in [0.29, 0.717) is 6.54 Å². The molecular formula is C18H19N5O2. The molecule has 0 aliphatic carbocycles. The number of carbonyl (C=O) groups excluding carboxylic acids is 1. The topological polar surface area (TPSA) is 84.1 Å². The molecule has 0 saturated heterocycles. The van der Waals surface area contributed by atoms with Crippen LogP contribution in [0.3, 0.4) is 0 Å². The van der Waals surface area contributed by atoms with Crippen molar-refractivity contribution in [3.63, 3.8) is 0 Å².